The standard InChI is InChI=1S/C18H17N3O2S2/c1-11(2)16(22)19-13-3-5-14(6-4-13)20-17(23)15-10-25-18(21-15)12-7-8-24-9-12/h3-11H,1-2H3,(H,19,22)(H,20,23). The van der Waals surface area contributed by atoms with Crippen molar-refractivity contribution in [2.24, 2.45) is 5.92 Å². The van der Waals surface area contributed by atoms with Gasteiger partial charge in [0.1, 0.15) is 10.7 Å². The molecule has 0 aliphatic rings. The summed E-state index contributed by atoms with van der Waals surface area (Å²) in [4.78, 5) is 28.4. The van der Waals surface area contributed by atoms with Crippen LogP contribution >= 0.6 is 22.7 Å². The molecule has 0 atom stereocenters. The van der Waals surface area contributed by atoms with Gasteiger partial charge in [0.2, 0.25) is 5.91 Å². The third-order valence-electron chi connectivity index (χ3n) is 3.44. The molecule has 0 bridgehead atoms. The van der Waals surface area contributed by atoms with Crippen molar-refractivity contribution in [2.75, 3.05) is 10.6 Å². The molecule has 2 N–H and O–H groups in total. The molecule has 2 amide bonds. The molecule has 0 fully saturated rings. The van der Waals surface area contributed by atoms with Crippen molar-refractivity contribution in [2.45, 2.75) is 13.8 Å². The fraction of sp³-hybridized carbons (Fsp3) is 0.167. The molecule has 0 aliphatic carbocycles. The van der Waals surface area contributed by atoms with Crippen LogP contribution in [0.5, 0.6) is 0 Å². The van der Waals surface area contributed by atoms with E-state index < -0.39 is 0 Å². The van der Waals surface area contributed by atoms with E-state index in [9.17, 15) is 9.59 Å². The molecule has 0 aliphatic heterocycles. The third-order valence-corrected chi connectivity index (χ3v) is 5.01. The maximum absolute atomic E-state index is 12.3. The second-order valence-corrected chi connectivity index (χ2v) is 7.36. The molecule has 0 unspecified atom stereocenters. The minimum atomic E-state index is -0.253. The Hall–Kier alpha value is -2.51. The molecule has 0 spiro atoms. The summed E-state index contributed by atoms with van der Waals surface area (Å²) >= 11 is 3.04. The van der Waals surface area contributed by atoms with Crippen LogP contribution in [0.2, 0.25) is 0 Å². The fourth-order valence-corrected chi connectivity index (χ4v) is 3.53. The molecule has 7 heteroatoms. The largest absolute Gasteiger partial charge is 0.326 e. The Labute approximate surface area is 153 Å². The summed E-state index contributed by atoms with van der Waals surface area (Å²) in [5, 5.41) is 12.2. The Bertz CT molecular complexity index is 868. The number of hydrogen-bond donors (Lipinski definition) is 2. The molecule has 25 heavy (non-hydrogen) atoms. The van der Waals surface area contributed by atoms with Gasteiger partial charge in [0.25, 0.3) is 5.91 Å². The van der Waals surface area contributed by atoms with Crippen LogP contribution in [-0.2, 0) is 4.79 Å². The zero-order chi connectivity index (χ0) is 17.8. The molecule has 128 valence electrons. The van der Waals surface area contributed by atoms with Gasteiger partial charge >= 0.3 is 0 Å². The summed E-state index contributed by atoms with van der Waals surface area (Å²) < 4.78 is 0. The number of hydrogen-bond acceptors (Lipinski definition) is 5. The van der Waals surface area contributed by atoms with Gasteiger partial charge in [-0.05, 0) is 35.7 Å². The normalized spacial score (nSPS) is 10.7. The smallest absolute Gasteiger partial charge is 0.275 e. The molecule has 5 nitrogen and oxygen atoms in total. The molecular formula is C18H17N3O2S2. The SMILES string of the molecule is CC(C)C(=O)Nc1ccc(NC(=O)c2csc(-c3ccsc3)n2)cc1. The average molecular weight is 371 g/mol. The van der Waals surface area contributed by atoms with Crippen molar-refractivity contribution < 1.29 is 9.59 Å². The Morgan fingerprint density at radius 1 is 1.00 bits per heavy atom. The van der Waals surface area contributed by atoms with Gasteiger partial charge in [0.15, 0.2) is 0 Å². The lowest BCUT2D eigenvalue weighted by Crippen LogP contribution is -2.17. The van der Waals surface area contributed by atoms with Crippen molar-refractivity contribution in [1.82, 2.24) is 4.98 Å². The average Bonchev–Trinajstić information content (AvgIpc) is 3.27. The fourth-order valence-electron chi connectivity index (χ4n) is 2.02. The van der Waals surface area contributed by atoms with E-state index in [0.717, 1.165) is 10.6 Å². The molecule has 0 radical (unpaired) electrons. The highest BCUT2D eigenvalue weighted by molar-refractivity contribution is 7.14. The second kappa shape index (κ2) is 7.58. The Balaban J connectivity index is 1.64. The van der Waals surface area contributed by atoms with Gasteiger partial charge in [-0.1, -0.05) is 13.8 Å². The third kappa shape index (κ3) is 4.32. The monoisotopic (exact) mass is 371 g/mol. The van der Waals surface area contributed by atoms with Gasteiger partial charge in [-0.2, -0.15) is 11.3 Å². The van der Waals surface area contributed by atoms with Crippen molar-refractivity contribution in [3.63, 3.8) is 0 Å². The number of thiophene rings is 1. The predicted molar refractivity (Wildman–Crippen MR) is 103 cm³/mol. The van der Waals surface area contributed by atoms with Crippen LogP contribution in [0.15, 0.2) is 46.5 Å². The molecule has 0 saturated heterocycles. The number of rotatable bonds is 5. The van der Waals surface area contributed by atoms with Gasteiger partial charge in [-0.3, -0.25) is 9.59 Å². The van der Waals surface area contributed by atoms with Gasteiger partial charge in [-0.15, -0.1) is 11.3 Å². The Morgan fingerprint density at radius 3 is 2.28 bits per heavy atom. The second-order valence-electron chi connectivity index (χ2n) is 5.73. The van der Waals surface area contributed by atoms with Crippen molar-refractivity contribution >= 4 is 45.9 Å². The highest BCUT2D eigenvalue weighted by Crippen LogP contribution is 2.26. The number of benzene rings is 1. The van der Waals surface area contributed by atoms with Crippen LogP contribution in [-0.4, -0.2) is 16.8 Å². The predicted octanol–water partition coefficient (Wildman–Crippen LogP) is 4.72. The van der Waals surface area contributed by atoms with Crippen LogP contribution in [0.3, 0.4) is 0 Å². The van der Waals surface area contributed by atoms with Crippen LogP contribution in [0.4, 0.5) is 11.4 Å². The highest BCUT2D eigenvalue weighted by Gasteiger charge is 2.13. The first-order valence-corrected chi connectivity index (χ1v) is 9.55. The number of carbonyl (C=O) groups excluding carboxylic acids is 2. The molecule has 3 rings (SSSR count). The van der Waals surface area contributed by atoms with E-state index in [-0.39, 0.29) is 17.7 Å². The van der Waals surface area contributed by atoms with E-state index in [1.807, 2.05) is 30.7 Å². The molecule has 2 aromatic heterocycles. The summed E-state index contributed by atoms with van der Waals surface area (Å²) in [5.74, 6) is -0.376. The van der Waals surface area contributed by atoms with Crippen molar-refractivity contribution in [3.8, 4) is 10.6 Å². The number of anilines is 2. The number of nitrogens with one attached hydrogen (secondary N) is 2. The van der Waals surface area contributed by atoms with Gasteiger partial charge < -0.3 is 10.6 Å². The maximum Gasteiger partial charge on any atom is 0.275 e. The quantitative estimate of drug-likeness (QED) is 0.682. The maximum atomic E-state index is 12.3. The summed E-state index contributed by atoms with van der Waals surface area (Å²) in [6.45, 7) is 3.67. The summed E-state index contributed by atoms with van der Waals surface area (Å²) in [6, 6.07) is 9.00. The van der Waals surface area contributed by atoms with Gasteiger partial charge in [0, 0.05) is 33.6 Å². The van der Waals surface area contributed by atoms with Crippen molar-refractivity contribution in [3.05, 3.63) is 52.2 Å². The first-order valence-electron chi connectivity index (χ1n) is 7.73. The van der Waals surface area contributed by atoms with E-state index in [1.165, 1.54) is 11.3 Å². The van der Waals surface area contributed by atoms with Crippen LogP contribution < -0.4 is 10.6 Å². The minimum absolute atomic E-state index is 0.0415. The minimum Gasteiger partial charge on any atom is -0.326 e. The lowest BCUT2D eigenvalue weighted by atomic mass is 10.2. The first kappa shape index (κ1) is 17.3. The summed E-state index contributed by atoms with van der Waals surface area (Å²) in [7, 11) is 0. The topological polar surface area (TPSA) is 71.1 Å². The van der Waals surface area contributed by atoms with Gasteiger partial charge in [-0.25, -0.2) is 4.98 Å². The molecular weight excluding hydrogens is 354 g/mol. The molecule has 2 heterocycles. The van der Waals surface area contributed by atoms with E-state index in [4.69, 9.17) is 0 Å². The summed E-state index contributed by atoms with van der Waals surface area (Å²) in [6.07, 6.45) is 0. The Morgan fingerprint density at radius 2 is 1.68 bits per heavy atom. The number of thiazole rings is 1. The Kier molecular flexibility index (Phi) is 5.25. The lowest BCUT2D eigenvalue weighted by Gasteiger charge is -2.09. The van der Waals surface area contributed by atoms with E-state index in [2.05, 4.69) is 15.6 Å². The highest BCUT2D eigenvalue weighted by atomic mass is 32.1. The number of amides is 2. The zero-order valence-electron chi connectivity index (χ0n) is 13.8. The number of aromatic nitrogens is 1. The van der Waals surface area contributed by atoms with E-state index >= 15 is 0 Å². The zero-order valence-corrected chi connectivity index (χ0v) is 15.4. The number of carbonyl (C=O) groups is 2. The van der Waals surface area contributed by atoms with E-state index in [0.29, 0.717) is 17.1 Å². The first-order chi connectivity index (χ1) is 12.0. The number of nitrogens with zero attached hydrogens (tertiary/aromatic N) is 1. The van der Waals surface area contributed by atoms with Gasteiger partial charge in [0.05, 0.1) is 0 Å². The molecule has 1 aromatic carbocycles. The van der Waals surface area contributed by atoms with Crippen LogP contribution in [0.1, 0.15) is 24.3 Å². The van der Waals surface area contributed by atoms with Crippen LogP contribution in [0, 0.1) is 5.92 Å². The van der Waals surface area contributed by atoms with Crippen molar-refractivity contribution in [1.29, 1.82) is 0 Å². The lowest BCUT2D eigenvalue weighted by molar-refractivity contribution is -0.118. The van der Waals surface area contributed by atoms with E-state index in [1.54, 1.807) is 41.0 Å². The van der Waals surface area contributed by atoms with Crippen LogP contribution in [0.25, 0.3) is 10.6 Å². The summed E-state index contributed by atoms with van der Waals surface area (Å²) in [5.41, 5.74) is 2.77. The molecule has 0 saturated carbocycles. The molecule has 3 aromatic rings.